The van der Waals surface area contributed by atoms with Crippen molar-refractivity contribution in [3.63, 3.8) is 0 Å². The van der Waals surface area contributed by atoms with Gasteiger partial charge in [-0.1, -0.05) is 64.5 Å². The third-order valence-corrected chi connectivity index (χ3v) is 3.91. The zero-order valence-corrected chi connectivity index (χ0v) is 15.3. The van der Waals surface area contributed by atoms with Gasteiger partial charge in [-0.25, -0.2) is 4.79 Å². The minimum Gasteiger partial charge on any atom is -0.487 e. The summed E-state index contributed by atoms with van der Waals surface area (Å²) in [5.41, 5.74) is 1.28. The molecule has 3 heteroatoms. The van der Waals surface area contributed by atoms with Crippen LogP contribution in [-0.4, -0.2) is 12.6 Å². The molecule has 1 rings (SSSR count). The second kappa shape index (κ2) is 12.6. The summed E-state index contributed by atoms with van der Waals surface area (Å²) in [4.78, 5) is 11.8. The number of rotatable bonds is 13. The van der Waals surface area contributed by atoms with Gasteiger partial charge in [-0.3, -0.25) is 0 Å². The van der Waals surface area contributed by atoms with Crippen LogP contribution >= 0.6 is 0 Å². The van der Waals surface area contributed by atoms with Crippen molar-refractivity contribution in [1.29, 1.82) is 0 Å². The van der Waals surface area contributed by atoms with Gasteiger partial charge in [-0.05, 0) is 43.5 Å². The topological polar surface area (TPSA) is 35.5 Å². The standard InChI is InChI=1S/C21H32O3/c1-4-6-7-8-9-10-11-12-19-13-15-20(16-14-19)24-21(22)18(3)23-17-5-2/h13-16H,3-12,17H2,1-2H3. The van der Waals surface area contributed by atoms with Crippen molar-refractivity contribution in [1.82, 2.24) is 0 Å². The van der Waals surface area contributed by atoms with Crippen LogP contribution < -0.4 is 4.74 Å². The molecule has 0 spiro atoms. The van der Waals surface area contributed by atoms with E-state index >= 15 is 0 Å². The van der Waals surface area contributed by atoms with E-state index in [4.69, 9.17) is 9.47 Å². The van der Waals surface area contributed by atoms with Crippen molar-refractivity contribution in [3.05, 3.63) is 42.2 Å². The molecule has 0 N–H and O–H groups in total. The van der Waals surface area contributed by atoms with Crippen LogP contribution in [-0.2, 0) is 16.0 Å². The maximum atomic E-state index is 11.8. The van der Waals surface area contributed by atoms with Crippen molar-refractivity contribution in [2.45, 2.75) is 71.6 Å². The smallest absolute Gasteiger partial charge is 0.378 e. The predicted octanol–water partition coefficient (Wildman–Crippen LogP) is 5.83. The van der Waals surface area contributed by atoms with E-state index in [9.17, 15) is 4.79 Å². The summed E-state index contributed by atoms with van der Waals surface area (Å²) in [5.74, 6) is 0.0665. The molecule has 0 bridgehead atoms. The van der Waals surface area contributed by atoms with E-state index in [2.05, 4.69) is 13.5 Å². The third-order valence-electron chi connectivity index (χ3n) is 3.91. The molecule has 0 heterocycles. The maximum absolute atomic E-state index is 11.8. The molecule has 1 aromatic rings. The first-order chi connectivity index (χ1) is 11.7. The number of aryl methyl sites for hydroxylation is 1. The minimum absolute atomic E-state index is 0.0593. The molecule has 0 radical (unpaired) electrons. The first kappa shape index (κ1) is 20.3. The highest BCUT2D eigenvalue weighted by Gasteiger charge is 2.10. The van der Waals surface area contributed by atoms with E-state index in [0.29, 0.717) is 12.4 Å². The molecule has 0 aliphatic carbocycles. The highest BCUT2D eigenvalue weighted by Crippen LogP contribution is 2.16. The fourth-order valence-corrected chi connectivity index (χ4v) is 2.46. The monoisotopic (exact) mass is 332 g/mol. The van der Waals surface area contributed by atoms with E-state index in [-0.39, 0.29) is 5.76 Å². The summed E-state index contributed by atoms with van der Waals surface area (Å²) in [7, 11) is 0. The van der Waals surface area contributed by atoms with Crippen LogP contribution in [0.3, 0.4) is 0 Å². The predicted molar refractivity (Wildman–Crippen MR) is 99.2 cm³/mol. The highest BCUT2D eigenvalue weighted by molar-refractivity contribution is 5.87. The average Bonchev–Trinajstić information content (AvgIpc) is 2.60. The molecule has 3 nitrogen and oxygen atoms in total. The Balaban J connectivity index is 2.25. The Labute approximate surface area is 147 Å². The lowest BCUT2D eigenvalue weighted by molar-refractivity contribution is -0.134. The summed E-state index contributed by atoms with van der Waals surface area (Å²) in [6.07, 6.45) is 11.1. The average molecular weight is 332 g/mol. The molecule has 24 heavy (non-hydrogen) atoms. The molecule has 134 valence electrons. The third kappa shape index (κ3) is 8.76. The molecule has 0 unspecified atom stereocenters. The summed E-state index contributed by atoms with van der Waals surface area (Å²) in [6.45, 7) is 8.28. The number of carbonyl (C=O) groups is 1. The van der Waals surface area contributed by atoms with Gasteiger partial charge in [-0.2, -0.15) is 0 Å². The Hall–Kier alpha value is -1.77. The van der Waals surface area contributed by atoms with Gasteiger partial charge in [0.15, 0.2) is 5.76 Å². The summed E-state index contributed by atoms with van der Waals surface area (Å²) >= 11 is 0. The highest BCUT2D eigenvalue weighted by atomic mass is 16.6. The van der Waals surface area contributed by atoms with E-state index in [0.717, 1.165) is 12.8 Å². The van der Waals surface area contributed by atoms with Gasteiger partial charge < -0.3 is 9.47 Å². The van der Waals surface area contributed by atoms with Gasteiger partial charge >= 0.3 is 5.97 Å². The van der Waals surface area contributed by atoms with Crippen molar-refractivity contribution < 1.29 is 14.3 Å². The van der Waals surface area contributed by atoms with Crippen LogP contribution in [0.5, 0.6) is 5.75 Å². The zero-order chi connectivity index (χ0) is 17.6. The molecule has 0 aliphatic rings. The number of ether oxygens (including phenoxy) is 2. The number of esters is 1. The maximum Gasteiger partial charge on any atom is 0.378 e. The van der Waals surface area contributed by atoms with E-state index < -0.39 is 5.97 Å². The second-order valence-corrected chi connectivity index (χ2v) is 6.18. The van der Waals surface area contributed by atoms with Gasteiger partial charge in [0.05, 0.1) is 6.61 Å². The van der Waals surface area contributed by atoms with Crippen LogP contribution in [0.4, 0.5) is 0 Å². The van der Waals surface area contributed by atoms with E-state index in [1.54, 1.807) is 0 Å². The van der Waals surface area contributed by atoms with Crippen molar-refractivity contribution >= 4 is 5.97 Å². The lowest BCUT2D eigenvalue weighted by Crippen LogP contribution is -2.13. The molecule has 0 aromatic heterocycles. The Morgan fingerprint density at radius 1 is 0.917 bits per heavy atom. The molecule has 0 fully saturated rings. The van der Waals surface area contributed by atoms with Crippen molar-refractivity contribution in [2.24, 2.45) is 0 Å². The van der Waals surface area contributed by atoms with Gasteiger partial charge in [0, 0.05) is 0 Å². The van der Waals surface area contributed by atoms with E-state index in [1.807, 2.05) is 31.2 Å². The molecule has 0 aliphatic heterocycles. The van der Waals surface area contributed by atoms with Crippen LogP contribution in [0.15, 0.2) is 36.6 Å². The summed E-state index contributed by atoms with van der Waals surface area (Å²) in [6, 6.07) is 7.72. The SMILES string of the molecule is C=C(OCCC)C(=O)Oc1ccc(CCCCCCCCC)cc1. The second-order valence-electron chi connectivity index (χ2n) is 6.18. The first-order valence-corrected chi connectivity index (χ1v) is 9.30. The molecule has 0 atom stereocenters. The molecule has 0 saturated heterocycles. The molecule has 0 saturated carbocycles. The molecular formula is C21H32O3. The van der Waals surface area contributed by atoms with Gasteiger partial charge in [0.25, 0.3) is 0 Å². The quantitative estimate of drug-likeness (QED) is 0.150. The minimum atomic E-state index is -0.525. The number of hydrogen-bond acceptors (Lipinski definition) is 3. The van der Waals surface area contributed by atoms with Crippen molar-refractivity contribution in [3.8, 4) is 5.75 Å². The molecule has 1 aromatic carbocycles. The Morgan fingerprint density at radius 3 is 2.17 bits per heavy atom. The van der Waals surface area contributed by atoms with Crippen LogP contribution in [0.25, 0.3) is 0 Å². The number of hydrogen-bond donors (Lipinski definition) is 0. The van der Waals surface area contributed by atoms with E-state index in [1.165, 1.54) is 50.5 Å². The fourth-order valence-electron chi connectivity index (χ4n) is 2.46. The number of unbranched alkanes of at least 4 members (excludes halogenated alkanes) is 6. The van der Waals surface area contributed by atoms with Gasteiger partial charge in [-0.15, -0.1) is 0 Å². The normalized spacial score (nSPS) is 10.4. The fraction of sp³-hybridized carbons (Fsp3) is 0.571. The lowest BCUT2D eigenvalue weighted by Gasteiger charge is -2.08. The molecular weight excluding hydrogens is 300 g/mol. The van der Waals surface area contributed by atoms with Gasteiger partial charge in [0.2, 0.25) is 0 Å². The Kier molecular flexibility index (Phi) is 10.7. The van der Waals surface area contributed by atoms with Crippen molar-refractivity contribution in [2.75, 3.05) is 6.61 Å². The lowest BCUT2D eigenvalue weighted by atomic mass is 10.0. The number of benzene rings is 1. The first-order valence-electron chi connectivity index (χ1n) is 9.30. The Bertz CT molecular complexity index is 476. The zero-order valence-electron chi connectivity index (χ0n) is 15.3. The van der Waals surface area contributed by atoms with Crippen LogP contribution in [0.2, 0.25) is 0 Å². The van der Waals surface area contributed by atoms with Gasteiger partial charge in [0.1, 0.15) is 5.75 Å². The largest absolute Gasteiger partial charge is 0.487 e. The summed E-state index contributed by atoms with van der Waals surface area (Å²) in [5, 5.41) is 0. The van der Waals surface area contributed by atoms with Crippen LogP contribution in [0, 0.1) is 0 Å². The van der Waals surface area contributed by atoms with Crippen LogP contribution in [0.1, 0.15) is 70.8 Å². The Morgan fingerprint density at radius 2 is 1.54 bits per heavy atom. The molecule has 0 amide bonds. The number of carbonyl (C=O) groups excluding carboxylic acids is 1. The summed E-state index contributed by atoms with van der Waals surface area (Å²) < 4.78 is 10.4.